The number of rotatable bonds is 5. The summed E-state index contributed by atoms with van der Waals surface area (Å²) in [5, 5.41) is 11.8. The lowest BCUT2D eigenvalue weighted by Gasteiger charge is -2.36. The van der Waals surface area contributed by atoms with Gasteiger partial charge in [0.15, 0.2) is 0 Å². The first-order valence-corrected chi connectivity index (χ1v) is 7.82. The van der Waals surface area contributed by atoms with Crippen LogP contribution in [0.2, 0.25) is 0 Å². The lowest BCUT2D eigenvalue weighted by molar-refractivity contribution is -0.0640. The highest BCUT2D eigenvalue weighted by Gasteiger charge is 2.46. The van der Waals surface area contributed by atoms with Crippen LogP contribution in [0.5, 0.6) is 11.5 Å². The van der Waals surface area contributed by atoms with Crippen LogP contribution in [0, 0.1) is 0 Å². The van der Waals surface area contributed by atoms with Crippen molar-refractivity contribution in [2.45, 2.75) is 24.5 Å². The number of methoxy groups -OCH3 is 2. The summed E-state index contributed by atoms with van der Waals surface area (Å²) in [6, 6.07) is 15.0. The van der Waals surface area contributed by atoms with Gasteiger partial charge in [-0.2, -0.15) is 0 Å². The average Bonchev–Trinajstić information content (AvgIpc) is 3.16. The second-order valence-corrected chi connectivity index (χ2v) is 5.67. The van der Waals surface area contributed by atoms with E-state index < -0.39 is 5.60 Å². The molecule has 0 saturated carbocycles. The van der Waals surface area contributed by atoms with Crippen molar-refractivity contribution in [1.29, 1.82) is 0 Å². The van der Waals surface area contributed by atoms with Gasteiger partial charge >= 0.3 is 0 Å². The fourth-order valence-corrected chi connectivity index (χ4v) is 3.32. The van der Waals surface area contributed by atoms with E-state index >= 15 is 0 Å². The monoisotopic (exact) mass is 314 g/mol. The van der Waals surface area contributed by atoms with Crippen LogP contribution in [0.15, 0.2) is 48.5 Å². The Morgan fingerprint density at radius 1 is 0.957 bits per heavy atom. The second kappa shape index (κ2) is 6.60. The largest absolute Gasteiger partial charge is 0.496 e. The molecule has 3 rings (SSSR count). The molecule has 0 radical (unpaired) electrons. The maximum atomic E-state index is 11.8. The highest BCUT2D eigenvalue weighted by atomic mass is 16.5. The maximum absolute atomic E-state index is 11.8. The topological polar surface area (TPSA) is 47.9 Å². The number of hydrogen-bond acceptors (Lipinski definition) is 4. The molecular formula is C19H22O4. The van der Waals surface area contributed by atoms with Crippen LogP contribution in [-0.4, -0.2) is 32.0 Å². The zero-order valence-corrected chi connectivity index (χ0v) is 13.5. The Morgan fingerprint density at radius 3 is 1.91 bits per heavy atom. The summed E-state index contributed by atoms with van der Waals surface area (Å²) >= 11 is 0. The molecule has 4 heteroatoms. The van der Waals surface area contributed by atoms with Crippen molar-refractivity contribution in [2.75, 3.05) is 20.8 Å². The van der Waals surface area contributed by atoms with E-state index in [-0.39, 0.29) is 6.10 Å². The molecule has 0 amide bonds. The Kier molecular flexibility index (Phi) is 4.55. The lowest BCUT2D eigenvalue weighted by Crippen LogP contribution is -2.41. The molecule has 23 heavy (non-hydrogen) atoms. The zero-order chi connectivity index (χ0) is 16.3. The molecule has 1 aliphatic heterocycles. The van der Waals surface area contributed by atoms with Gasteiger partial charge in [-0.25, -0.2) is 0 Å². The number of aliphatic hydroxyl groups is 1. The summed E-state index contributed by atoms with van der Waals surface area (Å²) in [4.78, 5) is 0. The first kappa shape index (κ1) is 15.8. The number of para-hydroxylation sites is 2. The molecule has 1 N–H and O–H groups in total. The molecule has 2 aromatic rings. The summed E-state index contributed by atoms with van der Waals surface area (Å²) in [5.74, 6) is 1.27. The molecule has 0 aliphatic carbocycles. The van der Waals surface area contributed by atoms with Crippen LogP contribution in [0.4, 0.5) is 0 Å². The Morgan fingerprint density at radius 2 is 1.48 bits per heavy atom. The maximum Gasteiger partial charge on any atom is 0.148 e. The standard InChI is InChI=1S/C19H22O4/c1-21-16-10-5-3-8-14(16)19(20,18-12-7-13-23-18)15-9-4-6-11-17(15)22-2/h3-6,8-11,18,20H,7,12-13H2,1-2H3. The third-order valence-corrected chi connectivity index (χ3v) is 4.43. The van der Waals surface area contributed by atoms with E-state index in [0.29, 0.717) is 29.2 Å². The smallest absolute Gasteiger partial charge is 0.148 e. The molecule has 1 fully saturated rings. The van der Waals surface area contributed by atoms with Gasteiger partial charge in [-0.15, -0.1) is 0 Å². The lowest BCUT2D eigenvalue weighted by atomic mass is 9.79. The van der Waals surface area contributed by atoms with Crippen LogP contribution < -0.4 is 9.47 Å². The van der Waals surface area contributed by atoms with E-state index in [1.807, 2.05) is 48.5 Å². The Balaban J connectivity index is 2.22. The van der Waals surface area contributed by atoms with Gasteiger partial charge in [-0.05, 0) is 25.0 Å². The minimum absolute atomic E-state index is 0.338. The van der Waals surface area contributed by atoms with E-state index in [2.05, 4.69) is 0 Å². The SMILES string of the molecule is COc1ccccc1C(O)(c1ccccc1OC)C1CCCO1. The summed E-state index contributed by atoms with van der Waals surface area (Å²) in [7, 11) is 3.22. The van der Waals surface area contributed by atoms with Gasteiger partial charge in [0.2, 0.25) is 0 Å². The normalized spacial score (nSPS) is 18.0. The average molecular weight is 314 g/mol. The molecule has 2 aromatic carbocycles. The highest BCUT2D eigenvalue weighted by Crippen LogP contribution is 2.45. The van der Waals surface area contributed by atoms with E-state index in [1.54, 1.807) is 14.2 Å². The van der Waals surface area contributed by atoms with Crippen molar-refractivity contribution in [1.82, 2.24) is 0 Å². The molecule has 1 saturated heterocycles. The van der Waals surface area contributed by atoms with Crippen molar-refractivity contribution in [2.24, 2.45) is 0 Å². The molecule has 0 spiro atoms. The molecule has 4 nitrogen and oxygen atoms in total. The Bertz CT molecular complexity index is 614. The molecule has 0 bridgehead atoms. The summed E-state index contributed by atoms with van der Waals surface area (Å²) in [6.07, 6.45) is 1.37. The minimum Gasteiger partial charge on any atom is -0.496 e. The van der Waals surface area contributed by atoms with E-state index in [4.69, 9.17) is 14.2 Å². The van der Waals surface area contributed by atoms with E-state index in [0.717, 1.165) is 12.8 Å². The quantitative estimate of drug-likeness (QED) is 0.921. The third-order valence-electron chi connectivity index (χ3n) is 4.43. The first-order chi connectivity index (χ1) is 11.2. The van der Waals surface area contributed by atoms with Gasteiger partial charge in [0.1, 0.15) is 17.1 Å². The van der Waals surface area contributed by atoms with Crippen LogP contribution >= 0.6 is 0 Å². The van der Waals surface area contributed by atoms with Crippen molar-refractivity contribution < 1.29 is 19.3 Å². The first-order valence-electron chi connectivity index (χ1n) is 7.82. The highest BCUT2D eigenvalue weighted by molar-refractivity contribution is 5.50. The summed E-state index contributed by atoms with van der Waals surface area (Å²) in [5.41, 5.74) is 0.0631. The predicted octanol–water partition coefficient (Wildman–Crippen LogP) is 3.12. The van der Waals surface area contributed by atoms with Gasteiger partial charge in [0.05, 0.1) is 20.3 Å². The second-order valence-electron chi connectivity index (χ2n) is 5.67. The van der Waals surface area contributed by atoms with Crippen LogP contribution in [0.25, 0.3) is 0 Å². The van der Waals surface area contributed by atoms with Gasteiger partial charge in [-0.1, -0.05) is 36.4 Å². The van der Waals surface area contributed by atoms with Crippen molar-refractivity contribution >= 4 is 0 Å². The molecule has 1 atom stereocenters. The fourth-order valence-electron chi connectivity index (χ4n) is 3.32. The van der Waals surface area contributed by atoms with E-state index in [1.165, 1.54) is 0 Å². The van der Waals surface area contributed by atoms with Crippen LogP contribution in [-0.2, 0) is 10.3 Å². The van der Waals surface area contributed by atoms with Crippen LogP contribution in [0.1, 0.15) is 24.0 Å². The van der Waals surface area contributed by atoms with Crippen LogP contribution in [0.3, 0.4) is 0 Å². The summed E-state index contributed by atoms with van der Waals surface area (Å²) < 4.78 is 16.8. The van der Waals surface area contributed by atoms with Crippen molar-refractivity contribution in [3.63, 3.8) is 0 Å². The van der Waals surface area contributed by atoms with Gasteiger partial charge < -0.3 is 19.3 Å². The molecular weight excluding hydrogens is 292 g/mol. The molecule has 1 aliphatic rings. The van der Waals surface area contributed by atoms with Gasteiger partial charge in [0.25, 0.3) is 0 Å². The van der Waals surface area contributed by atoms with Gasteiger partial charge in [-0.3, -0.25) is 0 Å². The van der Waals surface area contributed by atoms with Crippen molar-refractivity contribution in [3.8, 4) is 11.5 Å². The molecule has 1 heterocycles. The van der Waals surface area contributed by atoms with Gasteiger partial charge in [0, 0.05) is 17.7 Å². The molecule has 122 valence electrons. The number of hydrogen-bond donors (Lipinski definition) is 1. The van der Waals surface area contributed by atoms with E-state index in [9.17, 15) is 5.11 Å². The predicted molar refractivity (Wildman–Crippen MR) is 88.0 cm³/mol. The fraction of sp³-hybridized carbons (Fsp3) is 0.368. The Hall–Kier alpha value is -2.04. The zero-order valence-electron chi connectivity index (χ0n) is 13.5. The third kappa shape index (κ3) is 2.69. The summed E-state index contributed by atoms with van der Waals surface area (Å²) in [6.45, 7) is 0.650. The molecule has 1 unspecified atom stereocenters. The molecule has 0 aromatic heterocycles. The van der Waals surface area contributed by atoms with Crippen molar-refractivity contribution in [3.05, 3.63) is 59.7 Å². The number of benzene rings is 2. The number of ether oxygens (including phenoxy) is 3. The minimum atomic E-state index is -1.32. The Labute approximate surface area is 136 Å².